The van der Waals surface area contributed by atoms with Gasteiger partial charge in [0.2, 0.25) is 0 Å². The van der Waals surface area contributed by atoms with Gasteiger partial charge in [-0.2, -0.15) is 26.3 Å². The van der Waals surface area contributed by atoms with Gasteiger partial charge in [0.25, 0.3) is 0 Å². The van der Waals surface area contributed by atoms with Crippen molar-refractivity contribution in [2.75, 3.05) is 0 Å². The topological polar surface area (TPSA) is 43.6 Å². The third-order valence-corrected chi connectivity index (χ3v) is 12.8. The quantitative estimate of drug-likeness (QED) is 0.150. The fourth-order valence-corrected chi connectivity index (χ4v) is 10.00. The Balaban J connectivity index is 1.35. The lowest BCUT2D eigenvalue weighted by Gasteiger charge is -2.19. The second kappa shape index (κ2) is 17.0. The van der Waals surface area contributed by atoms with Crippen molar-refractivity contribution < 1.29 is 26.3 Å². The number of halogens is 6. The van der Waals surface area contributed by atoms with Crippen molar-refractivity contribution >= 4 is 21.8 Å². The van der Waals surface area contributed by atoms with E-state index in [2.05, 4.69) is 107 Å². The maximum Gasteiger partial charge on any atom is 0.416 e. The molecule has 8 aromatic carbocycles. The van der Waals surface area contributed by atoms with Crippen LogP contribution in [0.4, 0.5) is 26.3 Å². The molecule has 10 heteroatoms. The summed E-state index contributed by atoms with van der Waals surface area (Å²) in [5.41, 5.74) is 11.5. The molecule has 2 aromatic heterocycles. The SMILES string of the molecule is Cc1cc(C)c(-c2ccc3c4ccc(-c5c(C)cc(C)cc5C)cc4n(-c4cc(-c5cc(C(F)(F)F)cc(C(F)(F)F)c5)ccc4-c4nc(-c5ccccc5)nc(-c5ccccc5)n4)c3c2)c(C)c1. The highest BCUT2D eigenvalue weighted by molar-refractivity contribution is 6.12. The lowest BCUT2D eigenvalue weighted by Crippen LogP contribution is -2.11. The Morgan fingerprint density at radius 2 is 0.768 bits per heavy atom. The van der Waals surface area contributed by atoms with E-state index in [4.69, 9.17) is 15.0 Å². The van der Waals surface area contributed by atoms with Crippen LogP contribution in [0.15, 0.2) is 158 Å². The van der Waals surface area contributed by atoms with Crippen molar-refractivity contribution in [3.05, 3.63) is 202 Å². The molecule has 0 spiro atoms. The predicted octanol–water partition coefficient (Wildman–Crippen LogP) is 16.9. The highest BCUT2D eigenvalue weighted by atomic mass is 19.4. The zero-order chi connectivity index (χ0) is 48.5. The molecular weight excluding hydrogens is 879 g/mol. The van der Waals surface area contributed by atoms with E-state index in [0.29, 0.717) is 22.9 Å². The van der Waals surface area contributed by atoms with Gasteiger partial charge in [-0.25, -0.2) is 15.0 Å². The van der Waals surface area contributed by atoms with Crippen molar-refractivity contribution in [3.8, 4) is 73.2 Å². The first-order valence-electron chi connectivity index (χ1n) is 22.5. The van der Waals surface area contributed by atoms with E-state index >= 15 is 0 Å². The molecule has 342 valence electrons. The molecule has 0 saturated heterocycles. The monoisotopic (exact) mass is 922 g/mol. The van der Waals surface area contributed by atoms with Gasteiger partial charge in [-0.05, 0) is 140 Å². The van der Waals surface area contributed by atoms with Gasteiger partial charge in [-0.3, -0.25) is 0 Å². The van der Waals surface area contributed by atoms with Crippen LogP contribution < -0.4 is 0 Å². The average Bonchev–Trinajstić information content (AvgIpc) is 3.63. The van der Waals surface area contributed by atoms with Gasteiger partial charge < -0.3 is 4.57 Å². The number of nitrogens with zero attached hydrogens (tertiary/aromatic N) is 4. The van der Waals surface area contributed by atoms with Crippen LogP contribution in [0.3, 0.4) is 0 Å². The van der Waals surface area contributed by atoms with Gasteiger partial charge in [0.1, 0.15) is 0 Å². The molecule has 69 heavy (non-hydrogen) atoms. The minimum Gasteiger partial charge on any atom is -0.308 e. The highest BCUT2D eigenvalue weighted by Crippen LogP contribution is 2.44. The molecule has 0 aliphatic rings. The molecule has 0 saturated carbocycles. The van der Waals surface area contributed by atoms with E-state index in [1.807, 2.05) is 60.7 Å². The summed E-state index contributed by atoms with van der Waals surface area (Å²) >= 11 is 0. The van der Waals surface area contributed by atoms with Crippen LogP contribution >= 0.6 is 0 Å². The Hall–Kier alpha value is -7.85. The van der Waals surface area contributed by atoms with Crippen LogP contribution in [-0.4, -0.2) is 19.5 Å². The second-order valence-electron chi connectivity index (χ2n) is 17.9. The zero-order valence-electron chi connectivity index (χ0n) is 38.6. The summed E-state index contributed by atoms with van der Waals surface area (Å²) in [7, 11) is 0. The molecule has 2 heterocycles. The summed E-state index contributed by atoms with van der Waals surface area (Å²) in [5, 5.41) is 1.78. The fraction of sp³-hybridized carbons (Fsp3) is 0.136. The van der Waals surface area contributed by atoms with E-state index in [-0.39, 0.29) is 23.0 Å². The summed E-state index contributed by atoms with van der Waals surface area (Å²) in [6.45, 7) is 12.4. The van der Waals surface area contributed by atoms with Crippen molar-refractivity contribution in [2.45, 2.75) is 53.9 Å². The third-order valence-electron chi connectivity index (χ3n) is 12.8. The number of fused-ring (bicyclic) bond motifs is 3. The molecule has 0 amide bonds. The van der Waals surface area contributed by atoms with E-state index in [9.17, 15) is 26.3 Å². The summed E-state index contributed by atoms with van der Waals surface area (Å²) in [6, 6.07) is 46.6. The summed E-state index contributed by atoms with van der Waals surface area (Å²) in [4.78, 5) is 15.1. The second-order valence-corrected chi connectivity index (χ2v) is 17.9. The van der Waals surface area contributed by atoms with Crippen LogP contribution in [0.25, 0.3) is 95.0 Å². The lowest BCUT2D eigenvalue weighted by molar-refractivity contribution is -0.143. The van der Waals surface area contributed by atoms with E-state index < -0.39 is 23.5 Å². The average molecular weight is 923 g/mol. The Morgan fingerprint density at radius 1 is 0.362 bits per heavy atom. The molecule has 0 unspecified atom stereocenters. The number of hydrogen-bond acceptors (Lipinski definition) is 3. The standard InChI is InChI=1S/C59H44F6N4/c1-33-23-35(3)53(36(4)24-33)42-18-20-47-48-21-19-43(54-37(5)25-34(2)26-38(54)6)31-51(48)69(50(47)30-42)52-29-41(44-27-45(58(60,61)62)32-46(28-44)59(63,64)65)17-22-49(52)57-67-55(39-13-9-7-10-14-39)66-56(68-57)40-15-11-8-12-16-40/h7-32H,1-6H3. The first kappa shape index (κ1) is 45.0. The maximum absolute atomic E-state index is 14.5. The fourth-order valence-electron chi connectivity index (χ4n) is 10.00. The molecule has 0 radical (unpaired) electrons. The van der Waals surface area contributed by atoms with Crippen molar-refractivity contribution in [1.82, 2.24) is 19.5 Å². The molecule has 0 fully saturated rings. The minimum atomic E-state index is -5.05. The van der Waals surface area contributed by atoms with Crippen molar-refractivity contribution in [2.24, 2.45) is 0 Å². The number of alkyl halides is 6. The smallest absolute Gasteiger partial charge is 0.308 e. The molecule has 10 aromatic rings. The van der Waals surface area contributed by atoms with Gasteiger partial charge in [0, 0.05) is 27.5 Å². The van der Waals surface area contributed by atoms with Gasteiger partial charge in [0.05, 0.1) is 27.8 Å². The Morgan fingerprint density at radius 3 is 1.19 bits per heavy atom. The van der Waals surface area contributed by atoms with Crippen LogP contribution in [0.2, 0.25) is 0 Å². The Labute approximate surface area is 395 Å². The molecule has 0 atom stereocenters. The van der Waals surface area contributed by atoms with Crippen molar-refractivity contribution in [3.63, 3.8) is 0 Å². The van der Waals surface area contributed by atoms with Gasteiger partial charge >= 0.3 is 12.4 Å². The number of aromatic nitrogens is 4. The Kier molecular flexibility index (Phi) is 11.1. The van der Waals surface area contributed by atoms with Crippen LogP contribution in [0.1, 0.15) is 44.5 Å². The van der Waals surface area contributed by atoms with Crippen LogP contribution in [0, 0.1) is 41.5 Å². The third kappa shape index (κ3) is 8.45. The molecular formula is C59H44F6N4. The summed E-state index contributed by atoms with van der Waals surface area (Å²) < 4.78 is 88.8. The first-order chi connectivity index (χ1) is 32.9. The van der Waals surface area contributed by atoms with Crippen molar-refractivity contribution in [1.29, 1.82) is 0 Å². The van der Waals surface area contributed by atoms with Gasteiger partial charge in [-0.1, -0.05) is 126 Å². The summed E-state index contributed by atoms with van der Waals surface area (Å²) in [6.07, 6.45) is -10.1. The molecule has 4 nitrogen and oxygen atoms in total. The largest absolute Gasteiger partial charge is 0.416 e. The Bertz CT molecular complexity index is 3390. The first-order valence-corrected chi connectivity index (χ1v) is 22.5. The summed E-state index contributed by atoms with van der Waals surface area (Å²) in [5.74, 6) is 1.01. The van der Waals surface area contributed by atoms with Gasteiger partial charge in [0.15, 0.2) is 17.5 Å². The normalized spacial score (nSPS) is 12.1. The number of aryl methyl sites for hydroxylation is 6. The zero-order valence-corrected chi connectivity index (χ0v) is 38.6. The molecule has 0 bridgehead atoms. The number of rotatable bonds is 7. The molecule has 0 aliphatic heterocycles. The van der Waals surface area contributed by atoms with E-state index in [0.717, 1.165) is 101 Å². The van der Waals surface area contributed by atoms with Gasteiger partial charge in [-0.15, -0.1) is 0 Å². The predicted molar refractivity (Wildman–Crippen MR) is 265 cm³/mol. The van der Waals surface area contributed by atoms with E-state index in [1.165, 1.54) is 6.07 Å². The van der Waals surface area contributed by atoms with E-state index in [1.54, 1.807) is 12.1 Å². The maximum atomic E-state index is 14.5. The highest BCUT2D eigenvalue weighted by Gasteiger charge is 2.37. The minimum absolute atomic E-state index is 0.128. The van der Waals surface area contributed by atoms with Crippen LogP contribution in [0.5, 0.6) is 0 Å². The lowest BCUT2D eigenvalue weighted by atomic mass is 9.92. The van der Waals surface area contributed by atoms with Crippen LogP contribution in [-0.2, 0) is 12.4 Å². The number of hydrogen-bond donors (Lipinski definition) is 0. The molecule has 10 rings (SSSR count). The molecule has 0 N–H and O–H groups in total. The number of benzene rings is 8. The molecule has 0 aliphatic carbocycles.